The maximum absolute atomic E-state index is 13.2. The maximum Gasteiger partial charge on any atom is 0.253 e. The van der Waals surface area contributed by atoms with Gasteiger partial charge < -0.3 is 20.7 Å². The molecule has 1 amide bonds. The first-order valence-corrected chi connectivity index (χ1v) is 12.0. The van der Waals surface area contributed by atoms with Gasteiger partial charge >= 0.3 is 0 Å². The van der Waals surface area contributed by atoms with Crippen LogP contribution in [0.2, 0.25) is 0 Å². The van der Waals surface area contributed by atoms with Gasteiger partial charge in [0.2, 0.25) is 0 Å². The zero-order valence-electron chi connectivity index (χ0n) is 20.7. The van der Waals surface area contributed by atoms with Crippen LogP contribution >= 0.6 is 0 Å². The van der Waals surface area contributed by atoms with E-state index in [1.54, 1.807) is 0 Å². The molecular formula is C27H33N5O3. The second-order valence-electron chi connectivity index (χ2n) is 9.24. The molecule has 3 heterocycles. The van der Waals surface area contributed by atoms with Crippen molar-refractivity contribution in [3.8, 4) is 11.1 Å². The monoisotopic (exact) mass is 475 g/mol. The summed E-state index contributed by atoms with van der Waals surface area (Å²) in [4.78, 5) is 35.1. The molecule has 0 bridgehead atoms. The van der Waals surface area contributed by atoms with E-state index >= 15 is 0 Å². The van der Waals surface area contributed by atoms with Crippen molar-refractivity contribution < 1.29 is 9.90 Å². The first kappa shape index (κ1) is 24.6. The van der Waals surface area contributed by atoms with E-state index in [0.29, 0.717) is 30.8 Å². The van der Waals surface area contributed by atoms with Crippen LogP contribution in [0.1, 0.15) is 45.4 Å². The summed E-state index contributed by atoms with van der Waals surface area (Å²) in [6.07, 6.45) is 1.59. The molecule has 0 radical (unpaired) electrons. The van der Waals surface area contributed by atoms with E-state index in [4.69, 9.17) is 0 Å². The number of hydrogen-bond acceptors (Lipinski definition) is 6. The standard InChI is InChI=1S/C27H33N5O3/c1-5-28-25-10-20(19-6-7-21(29-11-19)13-32-14-22(33)15-32)9-23(18(25)4)26(34)30-12-24-16(2)8-17(3)31-27(24)35/h6-11,22,28,33H,5,12-15H2,1-4H3,(H,30,34)(H,31,35). The Balaban J connectivity index is 1.57. The molecule has 0 unspecified atom stereocenters. The maximum atomic E-state index is 13.2. The van der Waals surface area contributed by atoms with Crippen LogP contribution in [0, 0.1) is 20.8 Å². The number of hydrogen-bond donors (Lipinski definition) is 4. The van der Waals surface area contributed by atoms with Crippen LogP contribution in [0.4, 0.5) is 5.69 Å². The third-order valence-electron chi connectivity index (χ3n) is 6.42. The zero-order valence-corrected chi connectivity index (χ0v) is 20.7. The van der Waals surface area contributed by atoms with E-state index in [2.05, 4.69) is 25.5 Å². The van der Waals surface area contributed by atoms with Crippen LogP contribution in [0.3, 0.4) is 0 Å². The van der Waals surface area contributed by atoms with E-state index in [1.807, 2.05) is 64.2 Å². The van der Waals surface area contributed by atoms with E-state index in [0.717, 1.165) is 45.9 Å². The fourth-order valence-corrected chi connectivity index (χ4v) is 4.45. The third kappa shape index (κ3) is 5.61. The number of anilines is 1. The molecule has 8 nitrogen and oxygen atoms in total. The molecule has 4 N–H and O–H groups in total. The van der Waals surface area contributed by atoms with Gasteiger partial charge in [-0.25, -0.2) is 0 Å². The predicted octanol–water partition coefficient (Wildman–Crippen LogP) is 2.90. The first-order chi connectivity index (χ1) is 16.7. The Morgan fingerprint density at radius 3 is 2.57 bits per heavy atom. The molecule has 1 aliphatic rings. The number of likely N-dealkylation sites (tertiary alicyclic amines) is 1. The molecule has 8 heteroatoms. The Morgan fingerprint density at radius 2 is 1.94 bits per heavy atom. The number of carbonyl (C=O) groups excluding carboxylic acids is 1. The molecule has 1 fully saturated rings. The lowest BCUT2D eigenvalue weighted by molar-refractivity contribution is -0.00353. The smallest absolute Gasteiger partial charge is 0.253 e. The summed E-state index contributed by atoms with van der Waals surface area (Å²) in [5.41, 5.74) is 7.06. The van der Waals surface area contributed by atoms with Crippen molar-refractivity contribution in [3.05, 3.63) is 80.5 Å². The van der Waals surface area contributed by atoms with Crippen LogP contribution in [-0.4, -0.2) is 51.6 Å². The second kappa shape index (κ2) is 10.4. The number of H-pyrrole nitrogens is 1. The lowest BCUT2D eigenvalue weighted by atomic mass is 9.97. The van der Waals surface area contributed by atoms with Crippen molar-refractivity contribution in [1.29, 1.82) is 0 Å². The van der Waals surface area contributed by atoms with Crippen LogP contribution in [0.25, 0.3) is 11.1 Å². The predicted molar refractivity (Wildman–Crippen MR) is 138 cm³/mol. The molecular weight excluding hydrogens is 442 g/mol. The Bertz CT molecular complexity index is 1280. The molecule has 0 atom stereocenters. The molecule has 0 spiro atoms. The second-order valence-corrected chi connectivity index (χ2v) is 9.24. The minimum absolute atomic E-state index is 0.155. The number of aliphatic hydroxyl groups excluding tert-OH is 1. The number of aryl methyl sites for hydroxylation is 2. The van der Waals surface area contributed by atoms with Gasteiger partial charge in [-0.15, -0.1) is 0 Å². The van der Waals surface area contributed by atoms with Crippen LogP contribution in [0.5, 0.6) is 0 Å². The van der Waals surface area contributed by atoms with Crippen LogP contribution in [-0.2, 0) is 13.1 Å². The van der Waals surface area contributed by atoms with Gasteiger partial charge in [0.25, 0.3) is 11.5 Å². The zero-order chi connectivity index (χ0) is 25.1. The SMILES string of the molecule is CCNc1cc(-c2ccc(CN3CC(O)C3)nc2)cc(C(=O)NCc2c(C)cc(C)[nH]c2=O)c1C. The van der Waals surface area contributed by atoms with Gasteiger partial charge in [0.05, 0.1) is 11.8 Å². The van der Waals surface area contributed by atoms with Crippen LogP contribution < -0.4 is 16.2 Å². The van der Waals surface area contributed by atoms with Gasteiger partial charge in [-0.1, -0.05) is 6.07 Å². The summed E-state index contributed by atoms with van der Waals surface area (Å²) in [6, 6.07) is 9.81. The summed E-state index contributed by atoms with van der Waals surface area (Å²) in [7, 11) is 0. The molecule has 3 aromatic rings. The lowest BCUT2D eigenvalue weighted by Crippen LogP contribution is -2.49. The molecule has 1 aliphatic heterocycles. The highest BCUT2D eigenvalue weighted by Crippen LogP contribution is 2.29. The average molecular weight is 476 g/mol. The summed E-state index contributed by atoms with van der Waals surface area (Å²) in [5, 5.41) is 15.7. The summed E-state index contributed by atoms with van der Waals surface area (Å²) < 4.78 is 0. The highest BCUT2D eigenvalue weighted by Gasteiger charge is 2.24. The third-order valence-corrected chi connectivity index (χ3v) is 6.42. The average Bonchev–Trinajstić information content (AvgIpc) is 2.79. The first-order valence-electron chi connectivity index (χ1n) is 12.0. The number of aliphatic hydroxyl groups is 1. The minimum Gasteiger partial charge on any atom is -0.390 e. The highest BCUT2D eigenvalue weighted by molar-refractivity contribution is 5.98. The summed E-state index contributed by atoms with van der Waals surface area (Å²) in [5.74, 6) is -0.233. The van der Waals surface area contributed by atoms with Gasteiger partial charge in [-0.05, 0) is 68.7 Å². The van der Waals surface area contributed by atoms with Gasteiger partial charge in [-0.2, -0.15) is 0 Å². The number of amides is 1. The molecule has 184 valence electrons. The van der Waals surface area contributed by atoms with Gasteiger partial charge in [-0.3, -0.25) is 19.5 Å². The van der Waals surface area contributed by atoms with E-state index in [1.165, 1.54) is 0 Å². The number of aromatic amines is 1. The van der Waals surface area contributed by atoms with Crippen molar-refractivity contribution in [2.45, 2.75) is 46.9 Å². The molecule has 35 heavy (non-hydrogen) atoms. The lowest BCUT2D eigenvalue weighted by Gasteiger charge is -2.35. The normalized spacial score (nSPS) is 14.0. The Hall–Kier alpha value is -3.49. The fourth-order valence-electron chi connectivity index (χ4n) is 4.45. The van der Waals surface area contributed by atoms with Crippen molar-refractivity contribution >= 4 is 11.6 Å². The van der Waals surface area contributed by atoms with Gasteiger partial charge in [0, 0.05) is 67.0 Å². The topological polar surface area (TPSA) is 110 Å². The molecule has 1 saturated heterocycles. The number of nitrogens with one attached hydrogen (secondary N) is 3. The molecule has 2 aromatic heterocycles. The number of carbonyl (C=O) groups is 1. The van der Waals surface area contributed by atoms with Crippen molar-refractivity contribution in [2.24, 2.45) is 0 Å². The molecule has 0 aliphatic carbocycles. The van der Waals surface area contributed by atoms with Crippen molar-refractivity contribution in [3.63, 3.8) is 0 Å². The number of pyridine rings is 2. The summed E-state index contributed by atoms with van der Waals surface area (Å²) >= 11 is 0. The number of β-amino-alcohol motifs (C(OH)–C–C–N with tert-alkyl or cyclic N) is 1. The largest absolute Gasteiger partial charge is 0.390 e. The molecule has 0 saturated carbocycles. The molecule has 1 aromatic carbocycles. The van der Waals surface area contributed by atoms with E-state index < -0.39 is 0 Å². The van der Waals surface area contributed by atoms with Crippen molar-refractivity contribution in [2.75, 3.05) is 25.0 Å². The molecule has 4 rings (SSSR count). The minimum atomic E-state index is -0.233. The Labute approximate surface area is 205 Å². The van der Waals surface area contributed by atoms with Gasteiger partial charge in [0.1, 0.15) is 0 Å². The fraction of sp³-hybridized carbons (Fsp3) is 0.370. The van der Waals surface area contributed by atoms with Crippen LogP contribution in [0.15, 0.2) is 41.3 Å². The summed E-state index contributed by atoms with van der Waals surface area (Å²) in [6.45, 7) is 10.6. The number of aromatic nitrogens is 2. The number of nitrogens with zero attached hydrogens (tertiary/aromatic N) is 2. The Morgan fingerprint density at radius 1 is 1.17 bits per heavy atom. The quantitative estimate of drug-likeness (QED) is 0.399. The number of benzene rings is 1. The van der Waals surface area contributed by atoms with Crippen molar-refractivity contribution in [1.82, 2.24) is 20.2 Å². The van der Waals surface area contributed by atoms with E-state index in [-0.39, 0.29) is 24.1 Å². The number of rotatable bonds is 8. The van der Waals surface area contributed by atoms with E-state index in [9.17, 15) is 14.7 Å². The Kier molecular flexibility index (Phi) is 7.33. The van der Waals surface area contributed by atoms with Gasteiger partial charge in [0.15, 0.2) is 0 Å². The highest BCUT2D eigenvalue weighted by atomic mass is 16.3.